The zero-order valence-electron chi connectivity index (χ0n) is 19.0. The van der Waals surface area contributed by atoms with Crippen molar-refractivity contribution in [1.29, 1.82) is 0 Å². The smallest absolute Gasteiger partial charge is 0.310 e. The van der Waals surface area contributed by atoms with E-state index in [2.05, 4.69) is 0 Å². The number of rotatable bonds is 12. The topological polar surface area (TPSA) is 90.0 Å². The van der Waals surface area contributed by atoms with Gasteiger partial charge in [-0.25, -0.2) is 8.42 Å². The molecule has 3 aromatic carbocycles. The van der Waals surface area contributed by atoms with Crippen molar-refractivity contribution in [3.8, 4) is 11.5 Å². The maximum atomic E-state index is 12.6. The van der Waals surface area contributed by atoms with Gasteiger partial charge in [0.1, 0.15) is 27.1 Å². The summed E-state index contributed by atoms with van der Waals surface area (Å²) in [5, 5.41) is 0. The van der Waals surface area contributed by atoms with Gasteiger partial charge in [-0.15, -0.1) is 0 Å². The molecule has 0 aromatic heterocycles. The minimum Gasteiger partial charge on any atom is -0.497 e. The summed E-state index contributed by atoms with van der Waals surface area (Å²) in [6.07, 6.45) is 1.16. The van der Waals surface area contributed by atoms with Crippen molar-refractivity contribution >= 4 is 37.4 Å². The lowest BCUT2D eigenvalue weighted by atomic mass is 10.3. The van der Waals surface area contributed by atoms with E-state index in [1.54, 1.807) is 36.3 Å². The van der Waals surface area contributed by atoms with E-state index in [4.69, 9.17) is 8.92 Å². The van der Waals surface area contributed by atoms with Crippen LogP contribution in [-0.4, -0.2) is 54.8 Å². The van der Waals surface area contributed by atoms with Gasteiger partial charge in [0.2, 0.25) is 0 Å². The van der Waals surface area contributed by atoms with E-state index < -0.39 is 20.0 Å². The van der Waals surface area contributed by atoms with Crippen molar-refractivity contribution in [3.63, 3.8) is 0 Å². The number of sulfone groups is 1. The molecule has 0 unspecified atom stereocenters. The predicted molar refractivity (Wildman–Crippen MR) is 136 cm³/mol. The molecule has 3 aromatic rings. The second kappa shape index (κ2) is 11.6. The van der Waals surface area contributed by atoms with Crippen LogP contribution >= 0.6 is 11.8 Å². The highest BCUT2D eigenvalue weighted by molar-refractivity contribution is 7.99. The lowest BCUT2D eigenvalue weighted by Crippen LogP contribution is -2.34. The fraction of sp³-hybridized carbons (Fsp3) is 0.250. The Hall–Kier alpha value is -2.69. The maximum absolute atomic E-state index is 12.6. The van der Waals surface area contributed by atoms with Crippen LogP contribution in [0.1, 0.15) is 0 Å². The van der Waals surface area contributed by atoms with Gasteiger partial charge in [0.05, 0.1) is 12.9 Å². The van der Waals surface area contributed by atoms with E-state index >= 15 is 0 Å². The molecule has 0 heterocycles. The van der Waals surface area contributed by atoms with Gasteiger partial charge in [-0.1, -0.05) is 30.0 Å². The van der Waals surface area contributed by atoms with Crippen LogP contribution in [0.3, 0.4) is 0 Å². The summed E-state index contributed by atoms with van der Waals surface area (Å²) in [6.45, 7) is 0.295. The third kappa shape index (κ3) is 8.58. The molecule has 0 bridgehead atoms. The van der Waals surface area contributed by atoms with Gasteiger partial charge in [0.15, 0.2) is 0 Å². The summed E-state index contributed by atoms with van der Waals surface area (Å²) in [7, 11) is -5.46. The highest BCUT2D eigenvalue weighted by atomic mass is 32.2. The Balaban J connectivity index is 1.60. The molecule has 0 atom stereocenters. The molecule has 10 heteroatoms. The minimum atomic E-state index is -3.88. The molecule has 0 N–H and O–H groups in total. The molecule has 0 fully saturated rings. The summed E-state index contributed by atoms with van der Waals surface area (Å²) >= 11 is 1.54. The van der Waals surface area contributed by atoms with Gasteiger partial charge in [0.25, 0.3) is 0 Å². The van der Waals surface area contributed by atoms with Crippen LogP contribution in [0.4, 0.5) is 5.69 Å². The monoisotopic (exact) mass is 521 g/mol. The summed E-state index contributed by atoms with van der Waals surface area (Å²) in [5.74, 6) is 0.645. The highest BCUT2D eigenvalue weighted by Gasteiger charge is 2.18. The quantitative estimate of drug-likeness (QED) is 0.329. The number of para-hydroxylation sites is 1. The van der Waals surface area contributed by atoms with Crippen LogP contribution in [0, 0.1) is 0 Å². The first-order chi connectivity index (χ1) is 16.1. The molecule has 0 aliphatic heterocycles. The zero-order chi connectivity index (χ0) is 24.6. The number of methoxy groups -OCH3 is 1. The summed E-state index contributed by atoms with van der Waals surface area (Å²) < 4.78 is 58.8. The van der Waals surface area contributed by atoms with Crippen molar-refractivity contribution in [2.45, 2.75) is 9.79 Å². The Kier molecular flexibility index (Phi) is 8.87. The number of nitrogens with zero attached hydrogens (tertiary/aromatic N) is 1. The molecule has 3 rings (SSSR count). The number of benzene rings is 3. The van der Waals surface area contributed by atoms with Crippen molar-refractivity contribution in [2.24, 2.45) is 0 Å². The van der Waals surface area contributed by atoms with Gasteiger partial charge < -0.3 is 13.8 Å². The standard InChI is InChI=1S/C24H27NO6S3/c1-30-21-8-12-23(13-9-21)32-24-14-10-22(11-15-24)31-34(28,29)19-17-25(16-18-33(2,26)27)20-6-4-3-5-7-20/h3-15H,16-19H2,1-2H3. The first-order valence-corrected chi connectivity index (χ1v) is 14.9. The first-order valence-electron chi connectivity index (χ1n) is 10.5. The zero-order valence-corrected chi connectivity index (χ0v) is 21.4. The largest absolute Gasteiger partial charge is 0.497 e. The average Bonchev–Trinajstić information content (AvgIpc) is 2.80. The summed E-state index contributed by atoms with van der Waals surface area (Å²) in [6, 6.07) is 23.6. The van der Waals surface area contributed by atoms with E-state index in [9.17, 15) is 16.8 Å². The Morgan fingerprint density at radius 3 is 1.79 bits per heavy atom. The summed E-state index contributed by atoms with van der Waals surface area (Å²) in [4.78, 5) is 3.69. The minimum absolute atomic E-state index is 0.0733. The Bertz CT molecular complexity index is 1260. The van der Waals surface area contributed by atoms with E-state index in [1.165, 1.54) is 11.8 Å². The summed E-state index contributed by atoms with van der Waals surface area (Å²) in [5.41, 5.74) is 0.751. The molecule has 0 aliphatic carbocycles. The second-order valence-electron chi connectivity index (χ2n) is 7.55. The SMILES string of the molecule is COc1ccc(Sc2ccc(OS(=O)(=O)CCN(CCS(C)(=O)=O)c3ccccc3)cc2)cc1. The van der Waals surface area contributed by atoms with E-state index in [0.29, 0.717) is 0 Å². The van der Waals surface area contributed by atoms with Crippen molar-refractivity contribution in [3.05, 3.63) is 78.9 Å². The normalized spacial score (nSPS) is 11.7. The van der Waals surface area contributed by atoms with E-state index in [1.807, 2.05) is 54.6 Å². The lowest BCUT2D eigenvalue weighted by molar-refractivity contribution is 0.414. The molecule has 0 spiro atoms. The van der Waals surface area contributed by atoms with Crippen molar-refractivity contribution in [2.75, 3.05) is 42.9 Å². The molecule has 0 amide bonds. The Labute approximate surface area is 205 Å². The number of anilines is 1. The molecular weight excluding hydrogens is 494 g/mol. The van der Waals surface area contributed by atoms with Gasteiger partial charge in [0, 0.05) is 34.8 Å². The number of hydrogen-bond donors (Lipinski definition) is 0. The van der Waals surface area contributed by atoms with Gasteiger partial charge >= 0.3 is 10.1 Å². The molecule has 0 radical (unpaired) electrons. The highest BCUT2D eigenvalue weighted by Crippen LogP contribution is 2.30. The van der Waals surface area contributed by atoms with Crippen LogP contribution in [0.5, 0.6) is 11.5 Å². The lowest BCUT2D eigenvalue weighted by Gasteiger charge is -2.24. The van der Waals surface area contributed by atoms with E-state index in [0.717, 1.165) is 27.5 Å². The van der Waals surface area contributed by atoms with Gasteiger partial charge in [-0.05, 0) is 60.7 Å². The third-order valence-electron chi connectivity index (χ3n) is 4.81. The van der Waals surface area contributed by atoms with Gasteiger partial charge in [-0.3, -0.25) is 0 Å². The molecule has 182 valence electrons. The molecule has 0 saturated carbocycles. The second-order valence-corrected chi connectivity index (χ2v) is 12.6. The molecule has 0 saturated heterocycles. The first kappa shape index (κ1) is 25.9. The fourth-order valence-electron chi connectivity index (χ4n) is 3.04. The average molecular weight is 522 g/mol. The van der Waals surface area contributed by atoms with Gasteiger partial charge in [-0.2, -0.15) is 8.42 Å². The maximum Gasteiger partial charge on any atom is 0.310 e. The van der Waals surface area contributed by atoms with E-state index in [-0.39, 0.29) is 30.3 Å². The molecular formula is C24H27NO6S3. The number of ether oxygens (including phenoxy) is 1. The van der Waals surface area contributed by atoms with Crippen LogP contribution in [0.2, 0.25) is 0 Å². The number of hydrogen-bond acceptors (Lipinski definition) is 8. The predicted octanol–water partition coefficient (Wildman–Crippen LogP) is 4.11. The third-order valence-corrected chi connectivity index (χ3v) is 7.88. The van der Waals surface area contributed by atoms with Crippen LogP contribution < -0.4 is 13.8 Å². The van der Waals surface area contributed by atoms with Crippen LogP contribution in [-0.2, 0) is 20.0 Å². The fourth-order valence-corrected chi connectivity index (χ4v) is 5.34. The molecule has 34 heavy (non-hydrogen) atoms. The van der Waals surface area contributed by atoms with Crippen molar-refractivity contribution in [1.82, 2.24) is 0 Å². The molecule has 7 nitrogen and oxygen atoms in total. The Morgan fingerprint density at radius 2 is 1.26 bits per heavy atom. The van der Waals surface area contributed by atoms with Crippen LogP contribution in [0.15, 0.2) is 88.7 Å². The van der Waals surface area contributed by atoms with Crippen LogP contribution in [0.25, 0.3) is 0 Å². The Morgan fingerprint density at radius 1 is 0.735 bits per heavy atom. The van der Waals surface area contributed by atoms with Crippen molar-refractivity contribution < 1.29 is 25.8 Å². The molecule has 0 aliphatic rings.